The van der Waals surface area contributed by atoms with Crippen LogP contribution in [0.1, 0.15) is 11.1 Å². The number of hydrogen-bond donors (Lipinski definition) is 1. The monoisotopic (exact) mass is 391 g/mol. The standard InChI is InChI=1S/C16H17N5O5S/c1-10-13(9-17)15(22)21(4)16(23)14(10)19-18-11-6-5-7-12(8-11)26-27(24,25)20(2)3/h5-8,22H,1-4H3. The van der Waals surface area contributed by atoms with E-state index < -0.39 is 21.7 Å². The van der Waals surface area contributed by atoms with E-state index in [4.69, 9.17) is 9.44 Å². The maximum absolute atomic E-state index is 12.3. The summed E-state index contributed by atoms with van der Waals surface area (Å²) in [4.78, 5) is 12.3. The highest BCUT2D eigenvalue weighted by molar-refractivity contribution is 7.84. The van der Waals surface area contributed by atoms with Gasteiger partial charge in [-0.15, -0.1) is 5.11 Å². The van der Waals surface area contributed by atoms with Crippen molar-refractivity contribution in [2.45, 2.75) is 6.92 Å². The molecule has 10 nitrogen and oxygen atoms in total. The summed E-state index contributed by atoms with van der Waals surface area (Å²) in [6.45, 7) is 1.47. The molecule has 142 valence electrons. The van der Waals surface area contributed by atoms with E-state index >= 15 is 0 Å². The Bertz CT molecular complexity index is 1110. The van der Waals surface area contributed by atoms with Crippen molar-refractivity contribution in [1.82, 2.24) is 8.87 Å². The molecule has 2 rings (SSSR count). The second-order valence-corrected chi connectivity index (χ2v) is 7.42. The summed E-state index contributed by atoms with van der Waals surface area (Å²) in [6, 6.07) is 7.61. The number of nitriles is 1. The molecule has 0 atom stereocenters. The maximum Gasteiger partial charge on any atom is 0.384 e. The molecule has 0 saturated heterocycles. The fourth-order valence-electron chi connectivity index (χ4n) is 2.02. The van der Waals surface area contributed by atoms with Crippen molar-refractivity contribution in [3.05, 3.63) is 45.7 Å². The van der Waals surface area contributed by atoms with Crippen molar-refractivity contribution in [1.29, 1.82) is 5.26 Å². The lowest BCUT2D eigenvalue weighted by Crippen LogP contribution is -2.26. The van der Waals surface area contributed by atoms with E-state index in [9.17, 15) is 18.3 Å². The summed E-state index contributed by atoms with van der Waals surface area (Å²) in [5.74, 6) is -0.434. The molecule has 27 heavy (non-hydrogen) atoms. The zero-order chi connectivity index (χ0) is 20.4. The van der Waals surface area contributed by atoms with Gasteiger partial charge >= 0.3 is 10.3 Å². The minimum atomic E-state index is -3.92. The Morgan fingerprint density at radius 1 is 1.30 bits per heavy atom. The van der Waals surface area contributed by atoms with E-state index in [2.05, 4.69) is 10.2 Å². The van der Waals surface area contributed by atoms with Gasteiger partial charge < -0.3 is 9.29 Å². The molecule has 11 heteroatoms. The summed E-state index contributed by atoms with van der Waals surface area (Å²) in [7, 11) is 0.0359. The lowest BCUT2D eigenvalue weighted by molar-refractivity contribution is 0.420. The molecule has 0 fully saturated rings. The van der Waals surface area contributed by atoms with Crippen LogP contribution in [-0.4, -0.2) is 36.5 Å². The predicted octanol–water partition coefficient (Wildman–Crippen LogP) is 1.87. The third-order valence-corrected chi connectivity index (χ3v) is 4.92. The fourth-order valence-corrected chi connectivity index (χ4v) is 2.52. The molecule has 2 aromatic rings. The first-order chi connectivity index (χ1) is 12.6. The first-order valence-corrected chi connectivity index (χ1v) is 8.91. The average Bonchev–Trinajstić information content (AvgIpc) is 2.60. The number of benzene rings is 1. The highest BCUT2D eigenvalue weighted by Gasteiger charge is 2.18. The topological polar surface area (TPSA) is 137 Å². The summed E-state index contributed by atoms with van der Waals surface area (Å²) in [5.41, 5.74) is -0.409. The molecule has 0 saturated carbocycles. The second kappa shape index (κ2) is 7.56. The summed E-state index contributed by atoms with van der Waals surface area (Å²) >= 11 is 0. The number of aromatic nitrogens is 1. The minimum absolute atomic E-state index is 0.0215. The lowest BCUT2D eigenvalue weighted by Gasteiger charge is -2.11. The van der Waals surface area contributed by atoms with Gasteiger partial charge in [0.2, 0.25) is 5.88 Å². The van der Waals surface area contributed by atoms with Crippen LogP contribution >= 0.6 is 0 Å². The Morgan fingerprint density at radius 2 is 1.96 bits per heavy atom. The minimum Gasteiger partial charge on any atom is -0.493 e. The Balaban J connectivity index is 2.44. The number of hydrogen-bond acceptors (Lipinski definition) is 8. The molecule has 0 unspecified atom stereocenters. The van der Waals surface area contributed by atoms with Gasteiger partial charge in [-0.1, -0.05) is 6.07 Å². The molecule has 0 aliphatic carbocycles. The van der Waals surface area contributed by atoms with Gasteiger partial charge in [0.25, 0.3) is 5.56 Å². The van der Waals surface area contributed by atoms with Gasteiger partial charge in [-0.25, -0.2) is 0 Å². The van der Waals surface area contributed by atoms with Gasteiger partial charge in [0, 0.05) is 32.8 Å². The van der Waals surface area contributed by atoms with Gasteiger partial charge in [-0.3, -0.25) is 9.36 Å². The number of aromatic hydroxyl groups is 1. The van der Waals surface area contributed by atoms with E-state index in [0.717, 1.165) is 8.87 Å². The van der Waals surface area contributed by atoms with Gasteiger partial charge in [-0.05, 0) is 19.1 Å². The van der Waals surface area contributed by atoms with Crippen LogP contribution in [0.15, 0.2) is 39.3 Å². The van der Waals surface area contributed by atoms with Crippen molar-refractivity contribution < 1.29 is 17.7 Å². The Kier molecular flexibility index (Phi) is 5.63. The normalized spacial score (nSPS) is 11.7. The van der Waals surface area contributed by atoms with Crippen LogP contribution in [0, 0.1) is 18.3 Å². The van der Waals surface area contributed by atoms with Crippen LogP contribution in [0.25, 0.3) is 0 Å². The number of azo groups is 1. The molecule has 1 N–H and O–H groups in total. The smallest absolute Gasteiger partial charge is 0.384 e. The van der Waals surface area contributed by atoms with Gasteiger partial charge in [0.1, 0.15) is 17.4 Å². The predicted molar refractivity (Wildman–Crippen MR) is 96.7 cm³/mol. The van der Waals surface area contributed by atoms with Gasteiger partial charge in [0.05, 0.1) is 5.69 Å². The Hall–Kier alpha value is -3.23. The van der Waals surface area contributed by atoms with Crippen LogP contribution in [-0.2, 0) is 17.4 Å². The highest BCUT2D eigenvalue weighted by atomic mass is 32.2. The highest BCUT2D eigenvalue weighted by Crippen LogP contribution is 2.27. The van der Waals surface area contributed by atoms with Gasteiger partial charge in [-0.2, -0.15) is 23.1 Å². The fraction of sp³-hybridized carbons (Fsp3) is 0.250. The number of pyridine rings is 1. The summed E-state index contributed by atoms with van der Waals surface area (Å²) in [5, 5.41) is 26.8. The molecule has 1 aromatic carbocycles. The molecule has 1 heterocycles. The van der Waals surface area contributed by atoms with E-state index in [1.165, 1.54) is 52.3 Å². The zero-order valence-electron chi connectivity index (χ0n) is 15.0. The third kappa shape index (κ3) is 4.13. The van der Waals surface area contributed by atoms with E-state index in [1.54, 1.807) is 0 Å². The molecule has 1 aromatic heterocycles. The molecule has 0 bridgehead atoms. The molecule has 0 spiro atoms. The van der Waals surface area contributed by atoms with E-state index in [1.807, 2.05) is 6.07 Å². The van der Waals surface area contributed by atoms with Crippen molar-refractivity contribution >= 4 is 21.7 Å². The van der Waals surface area contributed by atoms with Crippen LogP contribution in [0.5, 0.6) is 11.6 Å². The quantitative estimate of drug-likeness (QED) is 0.772. The van der Waals surface area contributed by atoms with Crippen LogP contribution < -0.4 is 9.74 Å². The third-order valence-electron chi connectivity index (χ3n) is 3.62. The van der Waals surface area contributed by atoms with Crippen LogP contribution in [0.2, 0.25) is 0 Å². The number of rotatable bonds is 5. The lowest BCUT2D eigenvalue weighted by atomic mass is 10.1. The first-order valence-electron chi connectivity index (χ1n) is 7.55. The Labute approximate surface area is 155 Å². The summed E-state index contributed by atoms with van der Waals surface area (Å²) in [6.07, 6.45) is 0. The summed E-state index contributed by atoms with van der Waals surface area (Å²) < 4.78 is 30.3. The molecule has 0 aliphatic heterocycles. The average molecular weight is 391 g/mol. The van der Waals surface area contributed by atoms with Crippen molar-refractivity contribution in [2.24, 2.45) is 17.3 Å². The van der Waals surface area contributed by atoms with Crippen LogP contribution in [0.3, 0.4) is 0 Å². The van der Waals surface area contributed by atoms with Crippen LogP contribution in [0.4, 0.5) is 11.4 Å². The largest absolute Gasteiger partial charge is 0.493 e. The Morgan fingerprint density at radius 3 is 2.56 bits per heavy atom. The molecule has 0 aliphatic rings. The molecular formula is C16H17N5O5S. The van der Waals surface area contributed by atoms with E-state index in [-0.39, 0.29) is 28.3 Å². The number of nitrogens with zero attached hydrogens (tertiary/aromatic N) is 5. The molecule has 0 radical (unpaired) electrons. The zero-order valence-corrected chi connectivity index (χ0v) is 15.9. The van der Waals surface area contributed by atoms with Gasteiger partial charge in [0.15, 0.2) is 5.69 Å². The maximum atomic E-state index is 12.3. The van der Waals surface area contributed by atoms with Crippen molar-refractivity contribution in [2.75, 3.05) is 14.1 Å². The molecular weight excluding hydrogens is 374 g/mol. The van der Waals surface area contributed by atoms with Crippen molar-refractivity contribution in [3.63, 3.8) is 0 Å². The molecule has 0 amide bonds. The second-order valence-electron chi connectivity index (χ2n) is 5.67. The SMILES string of the molecule is Cc1c(C#N)c(O)n(C)c(=O)c1N=Nc1cccc(OS(=O)(=O)N(C)C)c1. The first kappa shape index (κ1) is 20.1. The van der Waals surface area contributed by atoms with Crippen molar-refractivity contribution in [3.8, 4) is 17.7 Å². The van der Waals surface area contributed by atoms with E-state index in [0.29, 0.717) is 0 Å².